The molecule has 0 radical (unpaired) electrons. The third kappa shape index (κ3) is 4.30. The molecule has 10 heteroatoms. The number of fused-ring (bicyclic) bond motifs is 1. The van der Waals surface area contributed by atoms with Crippen molar-refractivity contribution in [2.75, 3.05) is 34.8 Å². The van der Waals surface area contributed by atoms with Crippen LogP contribution >= 0.6 is 23.4 Å². The molecule has 8 nitrogen and oxygen atoms in total. The van der Waals surface area contributed by atoms with Crippen LogP contribution in [0.25, 0.3) is 5.69 Å². The first kappa shape index (κ1) is 21.8. The van der Waals surface area contributed by atoms with Crippen LogP contribution in [0.1, 0.15) is 19.8 Å². The van der Waals surface area contributed by atoms with Gasteiger partial charge in [-0.3, -0.25) is 19.1 Å². The number of nitrogens with one attached hydrogen (secondary N) is 1. The lowest BCUT2D eigenvalue weighted by molar-refractivity contribution is -0.121. The minimum Gasteiger partial charge on any atom is -0.341 e. The highest BCUT2D eigenvalue weighted by Gasteiger charge is 2.32. The summed E-state index contributed by atoms with van der Waals surface area (Å²) in [5.74, 6) is 0.378. The number of para-hydroxylation sites is 2. The Morgan fingerprint density at radius 2 is 1.91 bits per heavy atom. The van der Waals surface area contributed by atoms with Crippen molar-refractivity contribution >= 4 is 52.5 Å². The Morgan fingerprint density at radius 1 is 1.12 bits per heavy atom. The number of rotatable bonds is 5. The number of hydrogen-bond donors (Lipinski definition) is 1. The topological polar surface area (TPSA) is 83.4 Å². The lowest BCUT2D eigenvalue weighted by Gasteiger charge is -2.30. The second kappa shape index (κ2) is 9.07. The minimum atomic E-state index is -0.488. The van der Waals surface area contributed by atoms with Crippen LogP contribution in [0.15, 0.2) is 53.7 Å². The van der Waals surface area contributed by atoms with Crippen molar-refractivity contribution < 1.29 is 9.59 Å². The second-order valence-corrected chi connectivity index (χ2v) is 9.79. The number of halogens is 1. The third-order valence-electron chi connectivity index (χ3n) is 5.74. The number of anilines is 3. The van der Waals surface area contributed by atoms with Crippen LogP contribution in [0.5, 0.6) is 0 Å². The molecular weight excluding hydrogens is 460 g/mol. The summed E-state index contributed by atoms with van der Waals surface area (Å²) in [5.41, 5.74) is 2.18. The highest BCUT2D eigenvalue weighted by Crippen LogP contribution is 2.34. The van der Waals surface area contributed by atoms with Gasteiger partial charge in [-0.25, -0.2) is 0 Å². The molecule has 1 saturated heterocycles. The zero-order valence-electron chi connectivity index (χ0n) is 18.1. The average molecular weight is 483 g/mol. The van der Waals surface area contributed by atoms with Crippen molar-refractivity contribution in [2.24, 2.45) is 0 Å². The predicted molar refractivity (Wildman–Crippen MR) is 131 cm³/mol. The number of carbonyl (C=O) groups is 2. The maximum Gasteiger partial charge on any atom is 0.244 e. The number of benzene rings is 2. The summed E-state index contributed by atoms with van der Waals surface area (Å²) in [6, 6.07) is 14.8. The summed E-state index contributed by atoms with van der Waals surface area (Å²) in [6.07, 6.45) is 2.21. The minimum absolute atomic E-state index is 0.0131. The SMILES string of the molecule is CC(Sc1nnc(N2CCCC2)n1-c1cccc(Cl)c1)C(=O)N1CC(=O)Nc2ccccc21. The number of nitrogens with zero attached hydrogens (tertiary/aromatic N) is 5. The van der Waals surface area contributed by atoms with Crippen LogP contribution in [-0.4, -0.2) is 51.5 Å². The Morgan fingerprint density at radius 3 is 2.70 bits per heavy atom. The van der Waals surface area contributed by atoms with E-state index in [0.29, 0.717) is 21.6 Å². The molecule has 2 aliphatic heterocycles. The van der Waals surface area contributed by atoms with Crippen LogP contribution in [0.4, 0.5) is 17.3 Å². The molecule has 2 aliphatic rings. The zero-order valence-corrected chi connectivity index (χ0v) is 19.6. The summed E-state index contributed by atoms with van der Waals surface area (Å²) in [6.45, 7) is 3.64. The van der Waals surface area contributed by atoms with Gasteiger partial charge in [0.15, 0.2) is 5.16 Å². The normalized spacial score (nSPS) is 16.5. The lowest BCUT2D eigenvalue weighted by atomic mass is 10.2. The van der Waals surface area contributed by atoms with Gasteiger partial charge in [-0.2, -0.15) is 0 Å². The molecule has 1 fully saturated rings. The average Bonchev–Trinajstić information content (AvgIpc) is 3.48. The van der Waals surface area contributed by atoms with E-state index in [-0.39, 0.29) is 18.4 Å². The van der Waals surface area contributed by atoms with E-state index >= 15 is 0 Å². The van der Waals surface area contributed by atoms with Crippen molar-refractivity contribution in [1.29, 1.82) is 0 Å². The molecule has 1 unspecified atom stereocenters. The molecule has 3 aromatic rings. The summed E-state index contributed by atoms with van der Waals surface area (Å²) < 4.78 is 1.96. The van der Waals surface area contributed by atoms with E-state index in [2.05, 4.69) is 20.4 Å². The smallest absolute Gasteiger partial charge is 0.244 e. The van der Waals surface area contributed by atoms with Gasteiger partial charge < -0.3 is 10.2 Å². The van der Waals surface area contributed by atoms with E-state index in [1.54, 1.807) is 6.07 Å². The molecule has 3 heterocycles. The predicted octanol–water partition coefficient (Wildman–Crippen LogP) is 3.99. The molecule has 1 aromatic heterocycles. The van der Waals surface area contributed by atoms with Crippen molar-refractivity contribution in [3.8, 4) is 5.69 Å². The van der Waals surface area contributed by atoms with Crippen molar-refractivity contribution in [3.63, 3.8) is 0 Å². The Labute approximate surface area is 200 Å². The molecule has 0 bridgehead atoms. The molecule has 2 amide bonds. The summed E-state index contributed by atoms with van der Waals surface area (Å²) in [4.78, 5) is 29.3. The van der Waals surface area contributed by atoms with Gasteiger partial charge in [0.05, 0.1) is 22.3 Å². The van der Waals surface area contributed by atoms with Gasteiger partial charge in [-0.05, 0) is 50.1 Å². The highest BCUT2D eigenvalue weighted by atomic mass is 35.5. The third-order valence-corrected chi connectivity index (χ3v) is 7.00. The number of amides is 2. The Kier molecular flexibility index (Phi) is 5.99. The standard InChI is InChI=1S/C23H23ClN6O2S/c1-15(21(32)29-14-20(31)25-18-9-2-3-10-19(18)29)33-23-27-26-22(28-11-4-5-12-28)30(23)17-8-6-7-16(24)13-17/h2-3,6-10,13,15H,4-5,11-12,14H2,1H3,(H,25,31). The van der Waals surface area contributed by atoms with Crippen molar-refractivity contribution in [1.82, 2.24) is 14.8 Å². The Balaban J connectivity index is 1.46. The van der Waals surface area contributed by atoms with Gasteiger partial charge in [0.1, 0.15) is 6.54 Å². The van der Waals surface area contributed by atoms with Crippen LogP contribution < -0.4 is 15.1 Å². The van der Waals surface area contributed by atoms with Crippen molar-refractivity contribution in [3.05, 3.63) is 53.6 Å². The van der Waals surface area contributed by atoms with E-state index in [0.717, 1.165) is 37.6 Å². The number of aromatic nitrogens is 3. The molecule has 2 aromatic carbocycles. The van der Waals surface area contributed by atoms with E-state index in [4.69, 9.17) is 11.6 Å². The van der Waals surface area contributed by atoms with Gasteiger partial charge in [-0.1, -0.05) is 41.6 Å². The molecule has 1 N–H and O–H groups in total. The fourth-order valence-electron chi connectivity index (χ4n) is 4.16. The van der Waals surface area contributed by atoms with Crippen LogP contribution in [0.2, 0.25) is 5.02 Å². The first-order valence-electron chi connectivity index (χ1n) is 10.8. The number of hydrogen-bond acceptors (Lipinski definition) is 6. The maximum atomic E-state index is 13.4. The van der Waals surface area contributed by atoms with Crippen LogP contribution in [0.3, 0.4) is 0 Å². The van der Waals surface area contributed by atoms with E-state index < -0.39 is 5.25 Å². The largest absolute Gasteiger partial charge is 0.341 e. The monoisotopic (exact) mass is 482 g/mol. The number of thioether (sulfide) groups is 1. The molecule has 33 heavy (non-hydrogen) atoms. The molecule has 0 saturated carbocycles. The van der Waals surface area contributed by atoms with Gasteiger partial charge in [0.2, 0.25) is 17.8 Å². The maximum absolute atomic E-state index is 13.4. The number of carbonyl (C=O) groups excluding carboxylic acids is 2. The van der Waals surface area contributed by atoms with Crippen LogP contribution in [0, 0.1) is 0 Å². The summed E-state index contributed by atoms with van der Waals surface area (Å²) in [7, 11) is 0. The van der Waals surface area contributed by atoms with Gasteiger partial charge in [-0.15, -0.1) is 10.2 Å². The quantitative estimate of drug-likeness (QED) is 0.554. The van der Waals surface area contributed by atoms with E-state index in [1.165, 1.54) is 16.7 Å². The van der Waals surface area contributed by atoms with Gasteiger partial charge in [0, 0.05) is 18.1 Å². The van der Waals surface area contributed by atoms with Crippen LogP contribution in [-0.2, 0) is 9.59 Å². The molecule has 1 atom stereocenters. The molecule has 0 aliphatic carbocycles. The molecule has 170 valence electrons. The van der Waals surface area contributed by atoms with E-state index in [1.807, 2.05) is 54.0 Å². The summed E-state index contributed by atoms with van der Waals surface area (Å²) in [5, 5.41) is 12.5. The summed E-state index contributed by atoms with van der Waals surface area (Å²) >= 11 is 7.60. The fourth-order valence-corrected chi connectivity index (χ4v) is 5.27. The van der Waals surface area contributed by atoms with Gasteiger partial charge in [0.25, 0.3) is 0 Å². The highest BCUT2D eigenvalue weighted by molar-refractivity contribution is 8.00. The Hall–Kier alpha value is -3.04. The van der Waals surface area contributed by atoms with Crippen molar-refractivity contribution in [2.45, 2.75) is 30.2 Å². The molecule has 5 rings (SSSR count). The Bertz CT molecular complexity index is 1210. The molecule has 0 spiro atoms. The fraction of sp³-hybridized carbons (Fsp3) is 0.304. The first-order valence-corrected chi connectivity index (χ1v) is 12.1. The van der Waals surface area contributed by atoms with E-state index in [9.17, 15) is 9.59 Å². The van der Waals surface area contributed by atoms with Gasteiger partial charge >= 0.3 is 0 Å². The second-order valence-electron chi connectivity index (χ2n) is 8.04. The molecular formula is C23H23ClN6O2S. The lowest BCUT2D eigenvalue weighted by Crippen LogP contribution is -2.45. The first-order chi connectivity index (χ1) is 16.0. The zero-order chi connectivity index (χ0) is 22.9.